The summed E-state index contributed by atoms with van der Waals surface area (Å²) < 4.78 is 13.1. The van der Waals surface area contributed by atoms with E-state index in [1.807, 2.05) is 0 Å². The second-order valence-electron chi connectivity index (χ2n) is 4.43. The van der Waals surface area contributed by atoms with Gasteiger partial charge >= 0.3 is 0 Å². The van der Waals surface area contributed by atoms with Gasteiger partial charge in [0.25, 0.3) is 0 Å². The summed E-state index contributed by atoms with van der Waals surface area (Å²) in [5.74, 6) is -0.199. The Morgan fingerprint density at radius 3 is 2.88 bits per heavy atom. The smallest absolute Gasteiger partial charge is 0.222 e. The number of piperidine rings is 1. The lowest BCUT2D eigenvalue weighted by molar-refractivity contribution is -0.132. The number of hydrogen-bond donors (Lipinski definition) is 2. The molecule has 0 aliphatic carbocycles. The Bertz CT molecular complexity index is 416. The lowest BCUT2D eigenvalue weighted by atomic mass is 10.1. The molecule has 1 aliphatic rings. The van der Waals surface area contributed by atoms with E-state index in [2.05, 4.69) is 5.32 Å². The third-order valence-corrected chi connectivity index (χ3v) is 2.92. The third kappa shape index (κ3) is 2.87. The van der Waals surface area contributed by atoms with E-state index in [9.17, 15) is 9.18 Å². The first kappa shape index (κ1) is 11.7. The highest BCUT2D eigenvalue weighted by atomic mass is 19.1. The van der Waals surface area contributed by atoms with Crippen LogP contribution in [-0.2, 0) is 4.79 Å². The summed E-state index contributed by atoms with van der Waals surface area (Å²) in [4.78, 5) is 13.0. The van der Waals surface area contributed by atoms with Crippen LogP contribution in [0.5, 0.6) is 0 Å². The van der Waals surface area contributed by atoms with Gasteiger partial charge in [0.1, 0.15) is 5.82 Å². The number of hydrogen-bond acceptors (Lipinski definition) is 3. The number of nitrogens with one attached hydrogen (secondary N) is 1. The molecule has 0 bridgehead atoms. The predicted molar refractivity (Wildman–Crippen MR) is 65.1 cm³/mol. The average molecular weight is 237 g/mol. The summed E-state index contributed by atoms with van der Waals surface area (Å²) >= 11 is 0. The van der Waals surface area contributed by atoms with Gasteiger partial charge in [-0.25, -0.2) is 4.39 Å². The van der Waals surface area contributed by atoms with Crippen molar-refractivity contribution in [3.8, 4) is 0 Å². The monoisotopic (exact) mass is 237 g/mol. The van der Waals surface area contributed by atoms with Gasteiger partial charge in [-0.05, 0) is 24.6 Å². The maximum Gasteiger partial charge on any atom is 0.222 e. The molecule has 2 rings (SSSR count). The number of likely N-dealkylation sites (N-methyl/N-ethyl adjacent to an activating group) is 1. The standard InChI is InChI=1S/C12H16FN3O/c1-16-7-10(2-3-12(16)17)15-11-5-8(13)4-9(14)6-11/h4-6,10,15H,2-3,7,14H2,1H3. The number of halogens is 1. The van der Waals surface area contributed by atoms with Gasteiger partial charge in [0.2, 0.25) is 5.91 Å². The molecule has 0 saturated carbocycles. The first-order valence-electron chi connectivity index (χ1n) is 5.61. The minimum atomic E-state index is -0.354. The molecular formula is C12H16FN3O. The Hall–Kier alpha value is -1.78. The Morgan fingerprint density at radius 1 is 1.47 bits per heavy atom. The van der Waals surface area contributed by atoms with Gasteiger partial charge in [0, 0.05) is 37.4 Å². The first-order valence-corrected chi connectivity index (χ1v) is 5.61. The van der Waals surface area contributed by atoms with E-state index in [-0.39, 0.29) is 17.8 Å². The molecule has 0 aromatic heterocycles. The van der Waals surface area contributed by atoms with Crippen LogP contribution < -0.4 is 11.1 Å². The average Bonchev–Trinajstić information content (AvgIpc) is 2.22. The van der Waals surface area contributed by atoms with Gasteiger partial charge in [0.15, 0.2) is 0 Å². The summed E-state index contributed by atoms with van der Waals surface area (Å²) in [7, 11) is 1.77. The normalized spacial score (nSPS) is 20.5. The maximum atomic E-state index is 13.1. The second-order valence-corrected chi connectivity index (χ2v) is 4.43. The molecule has 1 aromatic rings. The molecule has 5 heteroatoms. The zero-order valence-corrected chi connectivity index (χ0v) is 9.74. The predicted octanol–water partition coefficient (Wildman–Crippen LogP) is 1.44. The van der Waals surface area contributed by atoms with E-state index in [0.29, 0.717) is 24.3 Å². The Morgan fingerprint density at radius 2 is 2.24 bits per heavy atom. The van der Waals surface area contributed by atoms with Crippen LogP contribution in [0, 0.1) is 5.82 Å². The van der Waals surface area contributed by atoms with Crippen LogP contribution in [0.25, 0.3) is 0 Å². The Kier molecular flexibility index (Phi) is 3.17. The Labute approximate surface area is 99.6 Å². The van der Waals surface area contributed by atoms with E-state index in [1.165, 1.54) is 12.1 Å². The SMILES string of the molecule is CN1CC(Nc2cc(N)cc(F)c2)CCC1=O. The highest BCUT2D eigenvalue weighted by Crippen LogP contribution is 2.19. The van der Waals surface area contributed by atoms with Crippen LogP contribution in [-0.4, -0.2) is 30.4 Å². The number of likely N-dealkylation sites (tertiary alicyclic amines) is 1. The van der Waals surface area contributed by atoms with Crippen molar-refractivity contribution >= 4 is 17.3 Å². The third-order valence-electron chi connectivity index (χ3n) is 2.92. The molecule has 17 heavy (non-hydrogen) atoms. The van der Waals surface area contributed by atoms with Crippen LogP contribution in [0.2, 0.25) is 0 Å². The summed E-state index contributed by atoms with van der Waals surface area (Å²) in [6.07, 6.45) is 1.29. The lowest BCUT2D eigenvalue weighted by Crippen LogP contribution is -2.43. The van der Waals surface area contributed by atoms with Crippen LogP contribution in [0.1, 0.15) is 12.8 Å². The number of benzene rings is 1. The van der Waals surface area contributed by atoms with Crippen molar-refractivity contribution in [2.75, 3.05) is 24.6 Å². The van der Waals surface area contributed by atoms with Gasteiger partial charge < -0.3 is 16.0 Å². The molecule has 1 heterocycles. The number of nitrogens with zero attached hydrogens (tertiary/aromatic N) is 1. The second kappa shape index (κ2) is 4.61. The van der Waals surface area contributed by atoms with Crippen molar-refractivity contribution in [3.63, 3.8) is 0 Å². The molecule has 3 N–H and O–H groups in total. The highest BCUT2D eigenvalue weighted by Gasteiger charge is 2.22. The van der Waals surface area contributed by atoms with Gasteiger partial charge in [-0.1, -0.05) is 0 Å². The number of nitrogen functional groups attached to an aromatic ring is 1. The fourth-order valence-electron chi connectivity index (χ4n) is 2.06. The van der Waals surface area contributed by atoms with Gasteiger partial charge in [-0.15, -0.1) is 0 Å². The fraction of sp³-hybridized carbons (Fsp3) is 0.417. The van der Waals surface area contributed by atoms with Crippen molar-refractivity contribution in [3.05, 3.63) is 24.0 Å². The summed E-state index contributed by atoms with van der Waals surface area (Å²) in [5.41, 5.74) is 6.63. The number of anilines is 2. The van der Waals surface area contributed by atoms with Crippen molar-refractivity contribution in [1.29, 1.82) is 0 Å². The topological polar surface area (TPSA) is 58.4 Å². The minimum absolute atomic E-state index is 0.152. The fourth-order valence-corrected chi connectivity index (χ4v) is 2.06. The molecule has 1 amide bonds. The molecule has 4 nitrogen and oxygen atoms in total. The molecule has 1 atom stereocenters. The number of nitrogens with two attached hydrogens (primary N) is 1. The molecule has 1 saturated heterocycles. The summed E-state index contributed by atoms with van der Waals surface area (Å²) in [6.45, 7) is 0.634. The molecule has 1 fully saturated rings. The zero-order valence-electron chi connectivity index (χ0n) is 9.74. The minimum Gasteiger partial charge on any atom is -0.399 e. The number of amides is 1. The maximum absolute atomic E-state index is 13.1. The quantitative estimate of drug-likeness (QED) is 0.765. The van der Waals surface area contributed by atoms with Gasteiger partial charge in [-0.3, -0.25) is 4.79 Å². The largest absolute Gasteiger partial charge is 0.399 e. The van der Waals surface area contributed by atoms with E-state index in [1.54, 1.807) is 18.0 Å². The van der Waals surface area contributed by atoms with Gasteiger partial charge in [0.05, 0.1) is 0 Å². The van der Waals surface area contributed by atoms with E-state index >= 15 is 0 Å². The van der Waals surface area contributed by atoms with Gasteiger partial charge in [-0.2, -0.15) is 0 Å². The Balaban J connectivity index is 2.03. The van der Waals surface area contributed by atoms with Crippen molar-refractivity contribution in [2.45, 2.75) is 18.9 Å². The number of carbonyl (C=O) groups is 1. The van der Waals surface area contributed by atoms with E-state index in [4.69, 9.17) is 5.73 Å². The summed E-state index contributed by atoms with van der Waals surface area (Å²) in [5, 5.41) is 3.20. The molecule has 0 radical (unpaired) electrons. The zero-order chi connectivity index (χ0) is 12.4. The van der Waals surface area contributed by atoms with Crippen molar-refractivity contribution in [2.24, 2.45) is 0 Å². The molecule has 0 spiro atoms. The number of carbonyl (C=O) groups excluding carboxylic acids is 1. The van der Waals surface area contributed by atoms with Crippen LogP contribution in [0.4, 0.5) is 15.8 Å². The molecule has 1 aliphatic heterocycles. The van der Waals surface area contributed by atoms with Crippen LogP contribution in [0.3, 0.4) is 0 Å². The molecule has 1 unspecified atom stereocenters. The number of rotatable bonds is 2. The van der Waals surface area contributed by atoms with Crippen LogP contribution >= 0.6 is 0 Å². The van der Waals surface area contributed by atoms with Crippen molar-refractivity contribution < 1.29 is 9.18 Å². The molecule has 1 aromatic carbocycles. The highest BCUT2D eigenvalue weighted by molar-refractivity contribution is 5.77. The molecular weight excluding hydrogens is 221 g/mol. The first-order chi connectivity index (χ1) is 8.04. The summed E-state index contributed by atoms with van der Waals surface area (Å²) in [6, 6.07) is 4.53. The van der Waals surface area contributed by atoms with Crippen molar-refractivity contribution in [1.82, 2.24) is 4.90 Å². The van der Waals surface area contributed by atoms with E-state index in [0.717, 1.165) is 6.42 Å². The molecule has 92 valence electrons. The van der Waals surface area contributed by atoms with Crippen LogP contribution in [0.15, 0.2) is 18.2 Å². The lowest BCUT2D eigenvalue weighted by Gasteiger charge is -2.30. The van der Waals surface area contributed by atoms with E-state index < -0.39 is 0 Å².